The first-order valence-corrected chi connectivity index (χ1v) is 8.37. The molecule has 2 unspecified atom stereocenters. The van der Waals surface area contributed by atoms with Crippen LogP contribution in [-0.4, -0.2) is 31.0 Å². The molecule has 0 bridgehead atoms. The zero-order valence-corrected chi connectivity index (χ0v) is 14.9. The molecule has 1 amide bonds. The quantitative estimate of drug-likeness (QED) is 0.839. The maximum atomic E-state index is 12.9. The van der Waals surface area contributed by atoms with Crippen LogP contribution >= 0.6 is 0 Å². The maximum absolute atomic E-state index is 12.9. The number of fused-ring (bicyclic) bond motifs is 1. The first kappa shape index (κ1) is 17.1. The van der Waals surface area contributed by atoms with Gasteiger partial charge in [-0.05, 0) is 17.5 Å². The van der Waals surface area contributed by atoms with Crippen molar-refractivity contribution in [2.24, 2.45) is 5.92 Å². The number of nitrogens with one attached hydrogen (secondary N) is 1. The molecule has 1 aliphatic rings. The molecule has 7 nitrogen and oxygen atoms in total. The lowest BCUT2D eigenvalue weighted by Crippen LogP contribution is -2.52. The van der Waals surface area contributed by atoms with Crippen LogP contribution in [0.3, 0.4) is 0 Å². The second kappa shape index (κ2) is 6.31. The number of hydrogen-bond acceptors (Lipinski definition) is 6. The van der Waals surface area contributed by atoms with E-state index in [9.17, 15) is 14.4 Å². The highest BCUT2D eigenvalue weighted by molar-refractivity contribution is 5.99. The average Bonchev–Trinajstić information content (AvgIpc) is 2.72. The summed E-state index contributed by atoms with van der Waals surface area (Å²) in [5, 5.41) is 2.92. The van der Waals surface area contributed by atoms with Gasteiger partial charge in [0.05, 0.1) is 11.9 Å². The van der Waals surface area contributed by atoms with Gasteiger partial charge >= 0.3 is 0 Å². The Morgan fingerprint density at radius 2 is 2.04 bits per heavy atom. The van der Waals surface area contributed by atoms with Gasteiger partial charge in [0.2, 0.25) is 5.91 Å². The fraction of sp³-hybridized carbons (Fsp3) is 0.444. The molecule has 25 heavy (non-hydrogen) atoms. The van der Waals surface area contributed by atoms with Crippen molar-refractivity contribution in [2.45, 2.75) is 32.9 Å². The van der Waals surface area contributed by atoms with Gasteiger partial charge in [-0.3, -0.25) is 19.4 Å². The lowest BCUT2D eigenvalue weighted by molar-refractivity contribution is -0.118. The Bertz CT molecular complexity index is 883. The van der Waals surface area contributed by atoms with E-state index in [1.54, 1.807) is 36.3 Å². The highest BCUT2D eigenvalue weighted by Gasteiger charge is 2.39. The smallest absolute Gasteiger partial charge is 0.253 e. The monoisotopic (exact) mass is 342 g/mol. The molecule has 1 aromatic heterocycles. The van der Waals surface area contributed by atoms with Crippen molar-refractivity contribution in [2.75, 3.05) is 29.2 Å². The lowest BCUT2D eigenvalue weighted by atomic mass is 9.95. The molecule has 1 N–H and O–H groups in total. The predicted octanol–water partition coefficient (Wildman–Crippen LogP) is 1.12. The molecule has 2 aromatic rings. The van der Waals surface area contributed by atoms with E-state index in [2.05, 4.69) is 10.3 Å². The molecule has 1 aromatic carbocycles. The van der Waals surface area contributed by atoms with Gasteiger partial charge in [0, 0.05) is 26.8 Å². The van der Waals surface area contributed by atoms with Crippen molar-refractivity contribution in [1.82, 2.24) is 4.98 Å². The van der Waals surface area contributed by atoms with Crippen molar-refractivity contribution in [3.63, 3.8) is 0 Å². The van der Waals surface area contributed by atoms with E-state index in [1.807, 2.05) is 19.9 Å². The second-order valence-corrected chi connectivity index (χ2v) is 6.73. The van der Waals surface area contributed by atoms with E-state index in [1.165, 1.54) is 0 Å². The molecule has 3 rings (SSSR count). The van der Waals surface area contributed by atoms with Crippen LogP contribution in [0.15, 0.2) is 28.0 Å². The normalized spacial score (nSPS) is 18.5. The third-order valence-corrected chi connectivity index (χ3v) is 4.89. The Balaban J connectivity index is 2.16. The maximum Gasteiger partial charge on any atom is 0.253 e. The number of aromatic nitrogens is 1. The van der Waals surface area contributed by atoms with E-state index in [-0.39, 0.29) is 11.8 Å². The van der Waals surface area contributed by atoms with E-state index in [0.29, 0.717) is 23.6 Å². The van der Waals surface area contributed by atoms with Crippen LogP contribution < -0.4 is 26.0 Å². The average molecular weight is 342 g/mol. The fourth-order valence-corrected chi connectivity index (χ4v) is 3.36. The summed E-state index contributed by atoms with van der Waals surface area (Å²) in [5.41, 5.74) is 1.19. The summed E-state index contributed by atoms with van der Waals surface area (Å²) in [5.74, 6) is -0.166. The first-order valence-electron chi connectivity index (χ1n) is 8.37. The van der Waals surface area contributed by atoms with Gasteiger partial charge in [-0.25, -0.2) is 0 Å². The van der Waals surface area contributed by atoms with Crippen molar-refractivity contribution >= 4 is 23.0 Å². The molecule has 7 heteroatoms. The van der Waals surface area contributed by atoms with Gasteiger partial charge < -0.3 is 15.1 Å². The van der Waals surface area contributed by atoms with E-state index in [4.69, 9.17) is 0 Å². The molecule has 0 spiro atoms. The van der Waals surface area contributed by atoms with Gasteiger partial charge in [-0.15, -0.1) is 0 Å². The molecule has 132 valence electrons. The van der Waals surface area contributed by atoms with Crippen molar-refractivity contribution in [3.8, 4) is 0 Å². The fourth-order valence-electron chi connectivity index (χ4n) is 3.36. The molecule has 0 fully saturated rings. The largest absolute Gasteiger partial charge is 0.373 e. The van der Waals surface area contributed by atoms with E-state index in [0.717, 1.165) is 12.0 Å². The minimum absolute atomic E-state index is 0.0154. The van der Waals surface area contributed by atoms with E-state index >= 15 is 0 Å². The van der Waals surface area contributed by atoms with Crippen LogP contribution in [-0.2, 0) is 11.3 Å². The van der Waals surface area contributed by atoms with Crippen LogP contribution in [0.2, 0.25) is 0 Å². The number of anilines is 3. The first-order chi connectivity index (χ1) is 11.9. The molecule has 0 aliphatic carbocycles. The summed E-state index contributed by atoms with van der Waals surface area (Å²) in [6.45, 7) is 4.36. The molecule has 0 saturated heterocycles. The van der Waals surface area contributed by atoms with Gasteiger partial charge in [0.1, 0.15) is 17.4 Å². The third kappa shape index (κ3) is 2.69. The molecule has 2 atom stereocenters. The van der Waals surface area contributed by atoms with Crippen LogP contribution in [0.5, 0.6) is 0 Å². The zero-order valence-electron chi connectivity index (χ0n) is 14.9. The molecule has 1 aliphatic heterocycles. The summed E-state index contributed by atoms with van der Waals surface area (Å²) < 4.78 is 0. The number of nitrogens with zero attached hydrogens (tertiary/aromatic N) is 3. The minimum atomic E-state index is -0.528. The van der Waals surface area contributed by atoms with Crippen LogP contribution in [0, 0.1) is 5.92 Å². The zero-order chi connectivity index (χ0) is 18.3. The van der Waals surface area contributed by atoms with Crippen LogP contribution in [0.25, 0.3) is 0 Å². The number of carbonyl (C=O) groups excluding carboxylic acids is 1. The van der Waals surface area contributed by atoms with Crippen LogP contribution in [0.4, 0.5) is 17.1 Å². The van der Waals surface area contributed by atoms with Crippen molar-refractivity contribution in [1.29, 1.82) is 0 Å². The number of carbonyl (C=O) groups is 1. The molecular formula is C18H22N4O3. The van der Waals surface area contributed by atoms with E-state index < -0.39 is 16.9 Å². The summed E-state index contributed by atoms with van der Waals surface area (Å²) >= 11 is 0. The Hall–Kier alpha value is -2.70. The highest BCUT2D eigenvalue weighted by Crippen LogP contribution is 2.33. The highest BCUT2D eigenvalue weighted by atomic mass is 16.2. The van der Waals surface area contributed by atoms with Crippen LogP contribution in [0.1, 0.15) is 25.8 Å². The predicted molar refractivity (Wildman–Crippen MR) is 98.0 cm³/mol. The van der Waals surface area contributed by atoms with Gasteiger partial charge in [0.15, 0.2) is 0 Å². The Morgan fingerprint density at radius 1 is 1.32 bits per heavy atom. The number of rotatable bonds is 4. The standard InChI is InChI=1S/C18H22N4O3/c1-5-10(2)13-18(25)20-12-8-19-7-6-11(12)9-22(13)15-14(21(3)4)16(23)17(15)24/h6-8,10,13H,5,9H2,1-4H3,(H,20,25). The molecule has 2 heterocycles. The lowest BCUT2D eigenvalue weighted by Gasteiger charge is -2.36. The Labute approximate surface area is 146 Å². The number of hydrogen-bond donors (Lipinski definition) is 1. The van der Waals surface area contributed by atoms with Gasteiger partial charge in [-0.1, -0.05) is 20.3 Å². The van der Waals surface area contributed by atoms with Gasteiger partial charge in [0.25, 0.3) is 10.9 Å². The SMILES string of the molecule is CCC(C)C1C(=O)Nc2cnccc2CN1c1c(N(C)C)c(=O)c1=O. The molecule has 0 radical (unpaired) electrons. The summed E-state index contributed by atoms with van der Waals surface area (Å²) in [4.78, 5) is 44.7. The Kier molecular flexibility index (Phi) is 4.32. The second-order valence-electron chi connectivity index (χ2n) is 6.73. The number of pyridine rings is 1. The topological polar surface area (TPSA) is 82.6 Å². The van der Waals surface area contributed by atoms with Gasteiger partial charge in [-0.2, -0.15) is 0 Å². The molecule has 0 saturated carbocycles. The summed E-state index contributed by atoms with van der Waals surface area (Å²) in [7, 11) is 3.46. The third-order valence-electron chi connectivity index (χ3n) is 4.89. The Morgan fingerprint density at radius 3 is 2.68 bits per heavy atom. The minimum Gasteiger partial charge on any atom is -0.373 e. The number of amides is 1. The summed E-state index contributed by atoms with van der Waals surface area (Å²) in [6.07, 6.45) is 4.04. The summed E-state index contributed by atoms with van der Waals surface area (Å²) in [6, 6.07) is 1.29. The molecular weight excluding hydrogens is 320 g/mol. The van der Waals surface area contributed by atoms with Crippen molar-refractivity contribution in [3.05, 3.63) is 44.5 Å². The van der Waals surface area contributed by atoms with Crippen molar-refractivity contribution < 1.29 is 4.79 Å².